The minimum Gasteiger partial charge on any atom is -0.449 e. The van der Waals surface area contributed by atoms with Crippen LogP contribution in [0.15, 0.2) is 48.5 Å². The predicted octanol–water partition coefficient (Wildman–Crippen LogP) is 6.59. The summed E-state index contributed by atoms with van der Waals surface area (Å²) in [4.78, 5) is 66.1. The molecule has 1 N–H and O–H groups in total. The van der Waals surface area contributed by atoms with Gasteiger partial charge in [0.15, 0.2) is 5.78 Å². The van der Waals surface area contributed by atoms with Gasteiger partial charge in [-0.1, -0.05) is 104 Å². The van der Waals surface area contributed by atoms with Crippen LogP contribution < -0.4 is 5.32 Å². The van der Waals surface area contributed by atoms with E-state index in [9.17, 15) is 24.0 Å². The van der Waals surface area contributed by atoms with Gasteiger partial charge in [-0.3, -0.25) is 14.4 Å². The number of carbonyl (C=O) groups is 5. The lowest BCUT2D eigenvalue weighted by Gasteiger charge is -2.21. The number of imide groups is 1. The molecule has 9 nitrogen and oxygen atoms in total. The highest BCUT2D eigenvalue weighted by atomic mass is 33.1. The fourth-order valence-electron chi connectivity index (χ4n) is 5.18. The van der Waals surface area contributed by atoms with Crippen molar-refractivity contribution in [1.29, 1.82) is 0 Å². The van der Waals surface area contributed by atoms with Crippen LogP contribution in [-0.4, -0.2) is 57.9 Å². The summed E-state index contributed by atoms with van der Waals surface area (Å²) in [5.74, 6) is -1.33. The third-order valence-corrected chi connectivity index (χ3v) is 10.7. The number of benzene rings is 2. The number of Topliss-reactive ketones (excluding diaryl/α,β-unsaturated/α-hetero) is 1. The molecule has 1 saturated heterocycles. The number of amides is 3. The molecule has 4 rings (SSSR count). The van der Waals surface area contributed by atoms with Crippen molar-refractivity contribution in [2.45, 2.75) is 88.8 Å². The van der Waals surface area contributed by atoms with Crippen LogP contribution in [0.3, 0.4) is 0 Å². The average Bonchev–Trinajstić information content (AvgIpc) is 3.48. The zero-order chi connectivity index (χ0) is 31.7. The zero-order valence-corrected chi connectivity index (χ0v) is 27.1. The summed E-state index contributed by atoms with van der Waals surface area (Å²) in [6.07, 6.45) is 2.40. The van der Waals surface area contributed by atoms with Gasteiger partial charge in [-0.15, -0.1) is 5.06 Å². The number of nitrogens with zero attached hydrogens (tertiary/aromatic N) is 1. The zero-order valence-electron chi connectivity index (χ0n) is 25.5. The summed E-state index contributed by atoms with van der Waals surface area (Å²) < 4.78 is 5.70. The largest absolute Gasteiger partial charge is 0.449 e. The van der Waals surface area contributed by atoms with Gasteiger partial charge < -0.3 is 14.9 Å². The number of carbonyl (C=O) groups excluding carboxylic acids is 5. The fourth-order valence-corrected chi connectivity index (χ4v) is 7.68. The highest BCUT2D eigenvalue weighted by Gasteiger charge is 2.33. The van der Waals surface area contributed by atoms with Crippen molar-refractivity contribution in [3.05, 3.63) is 59.7 Å². The minimum atomic E-state index is -0.684. The van der Waals surface area contributed by atoms with E-state index in [1.807, 2.05) is 24.3 Å². The van der Waals surface area contributed by atoms with E-state index in [-0.39, 0.29) is 48.7 Å². The molecular weight excluding hydrogens is 601 g/mol. The van der Waals surface area contributed by atoms with Crippen LogP contribution in [0.25, 0.3) is 11.1 Å². The predicted molar refractivity (Wildman–Crippen MR) is 172 cm³/mol. The molecule has 1 heterocycles. The van der Waals surface area contributed by atoms with Gasteiger partial charge in [0.2, 0.25) is 0 Å². The van der Waals surface area contributed by atoms with E-state index in [2.05, 4.69) is 50.4 Å². The molecule has 236 valence electrons. The van der Waals surface area contributed by atoms with E-state index in [4.69, 9.17) is 9.57 Å². The normalized spacial score (nSPS) is 15.1. The number of ketones is 1. The first-order valence-corrected chi connectivity index (χ1v) is 17.4. The van der Waals surface area contributed by atoms with E-state index in [1.165, 1.54) is 0 Å². The molecule has 2 aliphatic rings. The Morgan fingerprint density at radius 1 is 0.886 bits per heavy atom. The standard InChI is InChI=1S/C33H40N2O7S2/c1-33(2,3)44-43-21-27(28(36)16-6-4-5-7-17-31(39)42-35-29(37)18-19-30(35)38)34-32(40)41-20-26-24-14-10-8-12-22(24)23-13-9-11-15-25(23)26/h8-15,26-27H,4-7,16-21H2,1-3H3,(H,34,40). The van der Waals surface area contributed by atoms with Crippen molar-refractivity contribution in [2.75, 3.05) is 12.4 Å². The van der Waals surface area contributed by atoms with E-state index in [0.29, 0.717) is 36.5 Å². The Bertz CT molecular complexity index is 1310. The second kappa shape index (κ2) is 15.6. The van der Waals surface area contributed by atoms with Crippen LogP contribution in [0.1, 0.15) is 89.2 Å². The molecule has 0 bridgehead atoms. The Morgan fingerprint density at radius 3 is 2.05 bits per heavy atom. The first-order valence-electron chi connectivity index (χ1n) is 15.0. The second-order valence-electron chi connectivity index (χ2n) is 11.9. The summed E-state index contributed by atoms with van der Waals surface area (Å²) in [6.45, 7) is 6.46. The molecule has 44 heavy (non-hydrogen) atoms. The molecule has 0 spiro atoms. The summed E-state index contributed by atoms with van der Waals surface area (Å²) in [5.41, 5.74) is 4.54. The first kappa shape index (κ1) is 33.6. The van der Waals surface area contributed by atoms with Gasteiger partial charge in [-0.25, -0.2) is 9.59 Å². The SMILES string of the molecule is CC(C)(C)SSCC(NC(=O)OCC1c2ccccc2-c2ccccc21)C(=O)CCCCCCC(=O)ON1C(=O)CCC1=O. The van der Waals surface area contributed by atoms with Gasteiger partial charge in [-0.2, -0.15) is 0 Å². The number of hydrogen-bond acceptors (Lipinski definition) is 9. The van der Waals surface area contributed by atoms with Crippen LogP contribution in [0.2, 0.25) is 0 Å². The van der Waals surface area contributed by atoms with Crippen LogP contribution in [0.4, 0.5) is 4.79 Å². The van der Waals surface area contributed by atoms with Gasteiger partial charge >= 0.3 is 12.1 Å². The smallest absolute Gasteiger partial charge is 0.407 e. The number of ether oxygens (including phenoxy) is 1. The maximum Gasteiger partial charge on any atom is 0.407 e. The maximum absolute atomic E-state index is 13.2. The molecule has 1 fully saturated rings. The monoisotopic (exact) mass is 640 g/mol. The number of hydrogen-bond donors (Lipinski definition) is 1. The number of unbranched alkanes of at least 4 members (excludes halogenated alkanes) is 3. The molecule has 0 radical (unpaired) electrons. The van der Waals surface area contributed by atoms with Crippen molar-refractivity contribution in [1.82, 2.24) is 10.4 Å². The molecule has 1 atom stereocenters. The Kier molecular flexibility index (Phi) is 11.9. The topological polar surface area (TPSA) is 119 Å². The fraction of sp³-hybridized carbons (Fsp3) is 0.485. The molecule has 0 saturated carbocycles. The Morgan fingerprint density at radius 2 is 1.45 bits per heavy atom. The first-order chi connectivity index (χ1) is 21.0. The van der Waals surface area contributed by atoms with Gasteiger partial charge in [0.05, 0.1) is 0 Å². The van der Waals surface area contributed by atoms with E-state index in [0.717, 1.165) is 22.3 Å². The third-order valence-electron chi connectivity index (χ3n) is 7.32. The molecular formula is C33H40N2O7S2. The van der Waals surface area contributed by atoms with Crippen LogP contribution in [-0.2, 0) is 28.8 Å². The molecule has 0 aromatic heterocycles. The highest BCUT2D eigenvalue weighted by molar-refractivity contribution is 8.77. The number of alkyl carbamates (subject to hydrolysis) is 1. The van der Waals surface area contributed by atoms with Crippen molar-refractivity contribution in [3.63, 3.8) is 0 Å². The van der Waals surface area contributed by atoms with Gasteiger partial charge in [0.1, 0.15) is 12.6 Å². The van der Waals surface area contributed by atoms with Crippen molar-refractivity contribution in [3.8, 4) is 11.1 Å². The maximum atomic E-state index is 13.2. The molecule has 1 aliphatic heterocycles. The van der Waals surface area contributed by atoms with Gasteiger partial charge in [0, 0.05) is 42.1 Å². The number of fused-ring (bicyclic) bond motifs is 3. The average molecular weight is 641 g/mol. The lowest BCUT2D eigenvalue weighted by Crippen LogP contribution is -2.43. The Labute approximate surface area is 266 Å². The summed E-state index contributed by atoms with van der Waals surface area (Å²) >= 11 is 0. The molecule has 1 unspecified atom stereocenters. The van der Waals surface area contributed by atoms with Crippen LogP contribution >= 0.6 is 21.6 Å². The second-order valence-corrected chi connectivity index (χ2v) is 15.1. The lowest BCUT2D eigenvalue weighted by atomic mass is 9.98. The molecule has 3 amide bonds. The van der Waals surface area contributed by atoms with Crippen LogP contribution in [0.5, 0.6) is 0 Å². The Hall–Kier alpha value is -3.31. The number of nitrogens with one attached hydrogen (secondary N) is 1. The van der Waals surface area contributed by atoms with Crippen LogP contribution in [0, 0.1) is 0 Å². The van der Waals surface area contributed by atoms with E-state index in [1.54, 1.807) is 21.6 Å². The molecule has 2 aromatic carbocycles. The summed E-state index contributed by atoms with van der Waals surface area (Å²) in [7, 11) is 3.21. The van der Waals surface area contributed by atoms with Gasteiger partial charge in [-0.05, 0) is 35.1 Å². The number of rotatable bonds is 15. The third kappa shape index (κ3) is 9.34. The molecule has 2 aromatic rings. The van der Waals surface area contributed by atoms with Crippen molar-refractivity contribution >= 4 is 51.2 Å². The van der Waals surface area contributed by atoms with Gasteiger partial charge in [0.25, 0.3) is 11.8 Å². The van der Waals surface area contributed by atoms with Crippen molar-refractivity contribution in [2.24, 2.45) is 0 Å². The molecule has 1 aliphatic carbocycles. The van der Waals surface area contributed by atoms with E-state index < -0.39 is 29.9 Å². The lowest BCUT2D eigenvalue weighted by molar-refractivity contribution is -0.197. The minimum absolute atomic E-state index is 0.00146. The van der Waals surface area contributed by atoms with Crippen molar-refractivity contribution < 1.29 is 33.5 Å². The summed E-state index contributed by atoms with van der Waals surface area (Å²) in [5, 5.41) is 3.37. The number of hydroxylamine groups is 2. The summed E-state index contributed by atoms with van der Waals surface area (Å²) in [6, 6.07) is 15.6. The highest BCUT2D eigenvalue weighted by Crippen LogP contribution is 2.44. The quantitative estimate of drug-likeness (QED) is 0.131. The molecule has 11 heteroatoms. The van der Waals surface area contributed by atoms with E-state index >= 15 is 0 Å². The Balaban J connectivity index is 1.23.